The second kappa shape index (κ2) is 5.63. The predicted molar refractivity (Wildman–Crippen MR) is 84.0 cm³/mol. The lowest BCUT2D eigenvalue weighted by Crippen LogP contribution is -2.43. The molecule has 2 aromatic heterocycles. The molecule has 1 saturated heterocycles. The van der Waals surface area contributed by atoms with Gasteiger partial charge in [0.15, 0.2) is 5.65 Å². The number of rotatable bonds is 2. The van der Waals surface area contributed by atoms with Crippen LogP contribution in [0, 0.1) is 23.0 Å². The van der Waals surface area contributed by atoms with Crippen LogP contribution in [0.2, 0.25) is 0 Å². The normalized spacial score (nSPS) is 13.6. The number of halogens is 2. The lowest BCUT2D eigenvalue weighted by atomic mass is 10.2. The van der Waals surface area contributed by atoms with E-state index in [2.05, 4.69) is 9.97 Å². The van der Waals surface area contributed by atoms with Crippen molar-refractivity contribution in [3.8, 4) is 11.8 Å². The van der Waals surface area contributed by atoms with Crippen LogP contribution in [0.3, 0.4) is 0 Å². The standard InChI is InChI=1S/C17H11F2N5O/c18-12-7-10(8-13(19)11(12)9-20)24-15-14(3-1-4-21-15)22-16(24)17(25)23-5-2-6-23/h1,3-4,7-8H,2,5-6H2. The Bertz CT molecular complexity index is 1030. The van der Waals surface area contributed by atoms with Gasteiger partial charge < -0.3 is 4.90 Å². The van der Waals surface area contributed by atoms with Crippen molar-refractivity contribution in [2.75, 3.05) is 13.1 Å². The van der Waals surface area contributed by atoms with Crippen LogP contribution in [0.25, 0.3) is 16.9 Å². The fourth-order valence-corrected chi connectivity index (χ4v) is 2.76. The molecule has 0 bridgehead atoms. The minimum atomic E-state index is -1.00. The summed E-state index contributed by atoms with van der Waals surface area (Å²) in [5.74, 6) is -2.29. The first-order valence-corrected chi connectivity index (χ1v) is 7.62. The van der Waals surface area contributed by atoms with Gasteiger partial charge >= 0.3 is 0 Å². The van der Waals surface area contributed by atoms with E-state index in [1.54, 1.807) is 17.0 Å². The summed E-state index contributed by atoms with van der Waals surface area (Å²) < 4.78 is 29.4. The molecule has 6 nitrogen and oxygen atoms in total. The Morgan fingerprint density at radius 3 is 2.56 bits per heavy atom. The van der Waals surface area contributed by atoms with Crippen molar-refractivity contribution < 1.29 is 13.6 Å². The van der Waals surface area contributed by atoms with Crippen molar-refractivity contribution in [3.05, 3.63) is 53.5 Å². The number of hydrogen-bond donors (Lipinski definition) is 0. The Kier molecular flexibility index (Phi) is 3.42. The molecule has 124 valence electrons. The largest absolute Gasteiger partial charge is 0.336 e. The molecule has 0 aliphatic carbocycles. The summed E-state index contributed by atoms with van der Waals surface area (Å²) in [5, 5.41) is 8.83. The number of amides is 1. The number of likely N-dealkylation sites (tertiary alicyclic amines) is 1. The number of nitrogens with zero attached hydrogens (tertiary/aromatic N) is 5. The first-order chi connectivity index (χ1) is 12.1. The van der Waals surface area contributed by atoms with Gasteiger partial charge in [0.2, 0.25) is 5.82 Å². The highest BCUT2D eigenvalue weighted by molar-refractivity contribution is 5.95. The van der Waals surface area contributed by atoms with Gasteiger partial charge in [-0.25, -0.2) is 18.7 Å². The first-order valence-electron chi connectivity index (χ1n) is 7.62. The molecule has 0 radical (unpaired) electrons. The van der Waals surface area contributed by atoms with Gasteiger partial charge in [0.05, 0.1) is 5.69 Å². The summed E-state index contributed by atoms with van der Waals surface area (Å²) in [6.07, 6.45) is 2.42. The third kappa shape index (κ3) is 2.32. The predicted octanol–water partition coefficient (Wildman–Crippen LogP) is 2.42. The molecule has 1 amide bonds. The molecule has 1 aliphatic heterocycles. The van der Waals surface area contributed by atoms with Crippen LogP contribution in [-0.4, -0.2) is 38.4 Å². The summed E-state index contributed by atoms with van der Waals surface area (Å²) in [6, 6.07) is 6.82. The summed E-state index contributed by atoms with van der Waals surface area (Å²) in [4.78, 5) is 22.7. The Balaban J connectivity index is 1.97. The van der Waals surface area contributed by atoms with Crippen LogP contribution in [0.1, 0.15) is 22.6 Å². The van der Waals surface area contributed by atoms with Crippen LogP contribution in [0.5, 0.6) is 0 Å². The van der Waals surface area contributed by atoms with Crippen LogP contribution in [0.4, 0.5) is 8.78 Å². The second-order valence-corrected chi connectivity index (χ2v) is 5.66. The van der Waals surface area contributed by atoms with E-state index in [-0.39, 0.29) is 17.4 Å². The van der Waals surface area contributed by atoms with E-state index in [0.717, 1.165) is 18.6 Å². The van der Waals surface area contributed by atoms with Gasteiger partial charge in [-0.05, 0) is 30.7 Å². The zero-order valence-electron chi connectivity index (χ0n) is 12.9. The number of aromatic nitrogens is 3. The molecule has 4 rings (SSSR count). The SMILES string of the molecule is N#Cc1c(F)cc(-n2c(C(=O)N3CCC3)nc3cccnc32)cc1F. The van der Waals surface area contributed by atoms with E-state index in [1.807, 2.05) is 0 Å². The number of carbonyl (C=O) groups excluding carboxylic acids is 1. The summed E-state index contributed by atoms with van der Waals surface area (Å²) >= 11 is 0. The second-order valence-electron chi connectivity index (χ2n) is 5.66. The van der Waals surface area contributed by atoms with Gasteiger partial charge in [-0.15, -0.1) is 0 Å². The third-order valence-corrected chi connectivity index (χ3v) is 4.15. The first kappa shape index (κ1) is 15.2. The van der Waals surface area contributed by atoms with Crippen molar-refractivity contribution in [3.63, 3.8) is 0 Å². The molecule has 1 fully saturated rings. The zero-order valence-corrected chi connectivity index (χ0v) is 12.9. The zero-order chi connectivity index (χ0) is 17.6. The number of carbonyl (C=O) groups is 1. The molecule has 0 spiro atoms. The van der Waals surface area contributed by atoms with E-state index >= 15 is 0 Å². The smallest absolute Gasteiger partial charge is 0.290 e. The van der Waals surface area contributed by atoms with E-state index in [1.165, 1.54) is 16.8 Å². The third-order valence-electron chi connectivity index (χ3n) is 4.15. The van der Waals surface area contributed by atoms with E-state index in [4.69, 9.17) is 5.26 Å². The van der Waals surface area contributed by atoms with Crippen LogP contribution < -0.4 is 0 Å². The van der Waals surface area contributed by atoms with Crippen LogP contribution >= 0.6 is 0 Å². The van der Waals surface area contributed by atoms with E-state index in [9.17, 15) is 13.6 Å². The number of fused-ring (bicyclic) bond motifs is 1. The number of benzene rings is 1. The van der Waals surface area contributed by atoms with Crippen molar-refractivity contribution in [2.45, 2.75) is 6.42 Å². The molecular weight excluding hydrogens is 328 g/mol. The average molecular weight is 339 g/mol. The van der Waals surface area contributed by atoms with Crippen LogP contribution in [0.15, 0.2) is 30.5 Å². The molecule has 0 atom stereocenters. The fraction of sp³-hybridized carbons (Fsp3) is 0.176. The van der Waals surface area contributed by atoms with Gasteiger partial charge in [-0.2, -0.15) is 5.26 Å². The Morgan fingerprint density at radius 2 is 1.96 bits per heavy atom. The molecule has 0 saturated carbocycles. The molecule has 1 aromatic carbocycles. The minimum Gasteiger partial charge on any atom is -0.336 e. The van der Waals surface area contributed by atoms with Gasteiger partial charge in [0, 0.05) is 19.3 Å². The number of pyridine rings is 1. The number of nitriles is 1. The quantitative estimate of drug-likeness (QED) is 0.719. The molecule has 0 unspecified atom stereocenters. The van der Waals surface area contributed by atoms with Gasteiger partial charge in [-0.1, -0.05) is 0 Å². The van der Waals surface area contributed by atoms with Crippen LogP contribution in [-0.2, 0) is 0 Å². The molecule has 0 N–H and O–H groups in total. The summed E-state index contributed by atoms with van der Waals surface area (Å²) in [6.45, 7) is 1.23. The van der Waals surface area contributed by atoms with Crippen molar-refractivity contribution in [1.29, 1.82) is 5.26 Å². The maximum atomic E-state index is 14.1. The molecule has 8 heteroatoms. The number of imidazole rings is 1. The van der Waals surface area contributed by atoms with Gasteiger partial charge in [-0.3, -0.25) is 9.36 Å². The molecule has 1 aliphatic rings. The lowest BCUT2D eigenvalue weighted by molar-refractivity contribution is 0.0637. The topological polar surface area (TPSA) is 74.8 Å². The van der Waals surface area contributed by atoms with E-state index < -0.39 is 17.2 Å². The maximum Gasteiger partial charge on any atom is 0.290 e. The van der Waals surface area contributed by atoms with Crippen molar-refractivity contribution >= 4 is 17.1 Å². The van der Waals surface area contributed by atoms with Gasteiger partial charge in [0.25, 0.3) is 5.91 Å². The van der Waals surface area contributed by atoms with E-state index in [0.29, 0.717) is 24.3 Å². The highest BCUT2D eigenvalue weighted by Gasteiger charge is 2.28. The summed E-state index contributed by atoms with van der Waals surface area (Å²) in [5.41, 5.74) is 0.141. The average Bonchev–Trinajstić information content (AvgIpc) is 2.92. The Morgan fingerprint density at radius 1 is 1.24 bits per heavy atom. The maximum absolute atomic E-state index is 14.1. The number of hydrogen-bond acceptors (Lipinski definition) is 4. The highest BCUT2D eigenvalue weighted by Crippen LogP contribution is 2.25. The minimum absolute atomic E-state index is 0.0388. The Hall–Kier alpha value is -3.34. The van der Waals surface area contributed by atoms with Crippen molar-refractivity contribution in [1.82, 2.24) is 19.4 Å². The fourth-order valence-electron chi connectivity index (χ4n) is 2.76. The monoisotopic (exact) mass is 339 g/mol. The molecule has 3 heterocycles. The molecule has 3 aromatic rings. The van der Waals surface area contributed by atoms with Crippen molar-refractivity contribution in [2.24, 2.45) is 0 Å². The lowest BCUT2D eigenvalue weighted by Gasteiger charge is -2.30. The molecular formula is C17H11F2N5O. The Labute approximate surface area is 140 Å². The molecule has 25 heavy (non-hydrogen) atoms. The highest BCUT2D eigenvalue weighted by atomic mass is 19.1. The summed E-state index contributed by atoms with van der Waals surface area (Å²) in [7, 11) is 0. The van der Waals surface area contributed by atoms with Gasteiger partial charge in [0.1, 0.15) is 28.8 Å².